The lowest BCUT2D eigenvalue weighted by molar-refractivity contribution is -0.0505. The minimum Gasteiger partial charge on any atom is -0.454 e. The summed E-state index contributed by atoms with van der Waals surface area (Å²) in [5.74, 6) is 1.90. The van der Waals surface area contributed by atoms with E-state index < -0.39 is 6.61 Å². The molecule has 2 rings (SSSR count). The standard InChI is InChI=1S/C19H29F2N3O4.HI/c1-5-25-14(12(2)3)6-7-23-19(22-4)24-10-13-8-16-17(27-11-26-16)9-15(13)28-18(20)21;/h8-9,12,14,18H,5-7,10-11H2,1-4H3,(H2,22,23,24);1H. The monoisotopic (exact) mass is 529 g/mol. The van der Waals surface area contributed by atoms with Gasteiger partial charge in [-0.25, -0.2) is 0 Å². The first-order chi connectivity index (χ1) is 13.4. The van der Waals surface area contributed by atoms with E-state index >= 15 is 0 Å². The maximum Gasteiger partial charge on any atom is 0.387 e. The molecular weight excluding hydrogens is 499 g/mol. The third kappa shape index (κ3) is 8.00. The lowest BCUT2D eigenvalue weighted by atomic mass is 10.0. The summed E-state index contributed by atoms with van der Waals surface area (Å²) < 4.78 is 46.3. The molecule has 1 aromatic carbocycles. The molecule has 0 saturated carbocycles. The van der Waals surface area contributed by atoms with Crippen LogP contribution in [0.2, 0.25) is 0 Å². The average Bonchev–Trinajstić information content (AvgIpc) is 3.10. The van der Waals surface area contributed by atoms with Crippen LogP contribution in [0.4, 0.5) is 8.78 Å². The van der Waals surface area contributed by atoms with E-state index in [-0.39, 0.29) is 49.2 Å². The Labute approximate surface area is 187 Å². The second-order valence-corrected chi connectivity index (χ2v) is 6.57. The molecule has 0 amide bonds. The Morgan fingerprint density at radius 3 is 2.48 bits per heavy atom. The molecular formula is C19H30F2IN3O4. The molecule has 1 unspecified atom stereocenters. The lowest BCUT2D eigenvalue weighted by Gasteiger charge is -2.21. The molecule has 1 aromatic rings. The van der Waals surface area contributed by atoms with Crippen LogP contribution in [0, 0.1) is 5.92 Å². The van der Waals surface area contributed by atoms with Gasteiger partial charge >= 0.3 is 6.61 Å². The Hall–Kier alpha value is -1.56. The number of rotatable bonds is 10. The molecule has 29 heavy (non-hydrogen) atoms. The maximum atomic E-state index is 12.7. The molecule has 0 aromatic heterocycles. The quantitative estimate of drug-likeness (QED) is 0.274. The van der Waals surface area contributed by atoms with Gasteiger partial charge < -0.3 is 29.6 Å². The predicted octanol–water partition coefficient (Wildman–Crippen LogP) is 3.75. The molecule has 0 fully saturated rings. The Balaban J connectivity index is 0.00000420. The molecule has 10 heteroatoms. The highest BCUT2D eigenvalue weighted by Crippen LogP contribution is 2.38. The van der Waals surface area contributed by atoms with E-state index in [0.29, 0.717) is 42.1 Å². The van der Waals surface area contributed by atoms with Gasteiger partial charge in [-0.3, -0.25) is 4.99 Å². The first kappa shape index (κ1) is 25.5. The molecule has 1 atom stereocenters. The fourth-order valence-electron chi connectivity index (χ4n) is 2.86. The van der Waals surface area contributed by atoms with Crippen molar-refractivity contribution in [3.05, 3.63) is 17.7 Å². The van der Waals surface area contributed by atoms with E-state index in [0.717, 1.165) is 6.42 Å². The highest BCUT2D eigenvalue weighted by atomic mass is 127. The number of halogens is 3. The van der Waals surface area contributed by atoms with Gasteiger partial charge in [0.1, 0.15) is 5.75 Å². The van der Waals surface area contributed by atoms with Crippen LogP contribution in [0.15, 0.2) is 17.1 Å². The second-order valence-electron chi connectivity index (χ2n) is 6.57. The van der Waals surface area contributed by atoms with E-state index in [1.807, 2.05) is 6.92 Å². The Kier molecular flexibility index (Phi) is 11.3. The third-order valence-corrected chi connectivity index (χ3v) is 4.29. The summed E-state index contributed by atoms with van der Waals surface area (Å²) in [6.07, 6.45) is 0.992. The highest BCUT2D eigenvalue weighted by Gasteiger charge is 2.20. The average molecular weight is 529 g/mol. The van der Waals surface area contributed by atoms with Crippen molar-refractivity contribution in [2.45, 2.75) is 46.5 Å². The van der Waals surface area contributed by atoms with Crippen LogP contribution in [0.1, 0.15) is 32.8 Å². The maximum absolute atomic E-state index is 12.7. The van der Waals surface area contributed by atoms with Gasteiger partial charge in [-0.15, -0.1) is 24.0 Å². The number of hydrogen-bond acceptors (Lipinski definition) is 5. The minimum atomic E-state index is -2.93. The largest absolute Gasteiger partial charge is 0.454 e. The number of nitrogens with zero attached hydrogens (tertiary/aromatic N) is 1. The molecule has 0 radical (unpaired) electrons. The van der Waals surface area contributed by atoms with E-state index in [1.54, 1.807) is 13.1 Å². The Morgan fingerprint density at radius 2 is 1.90 bits per heavy atom. The molecule has 0 spiro atoms. The van der Waals surface area contributed by atoms with E-state index in [9.17, 15) is 8.78 Å². The number of benzene rings is 1. The van der Waals surface area contributed by atoms with Gasteiger partial charge in [0.05, 0.1) is 6.10 Å². The summed E-state index contributed by atoms with van der Waals surface area (Å²) >= 11 is 0. The number of guanidine groups is 1. The van der Waals surface area contributed by atoms with Crippen LogP contribution in [-0.4, -0.2) is 45.7 Å². The van der Waals surface area contributed by atoms with Crippen LogP contribution >= 0.6 is 24.0 Å². The van der Waals surface area contributed by atoms with Gasteiger partial charge in [-0.1, -0.05) is 13.8 Å². The van der Waals surface area contributed by atoms with Gasteiger partial charge in [0.2, 0.25) is 6.79 Å². The molecule has 1 heterocycles. The van der Waals surface area contributed by atoms with Crippen molar-refractivity contribution in [1.82, 2.24) is 10.6 Å². The molecule has 0 aliphatic carbocycles. The number of alkyl halides is 2. The van der Waals surface area contributed by atoms with E-state index in [2.05, 4.69) is 34.2 Å². The minimum absolute atomic E-state index is 0. The second kappa shape index (κ2) is 12.9. The normalized spacial score (nSPS) is 14.0. The summed E-state index contributed by atoms with van der Waals surface area (Å²) in [4.78, 5) is 4.16. The van der Waals surface area contributed by atoms with Crippen LogP contribution in [0.5, 0.6) is 17.2 Å². The van der Waals surface area contributed by atoms with E-state index in [4.69, 9.17) is 14.2 Å². The predicted molar refractivity (Wildman–Crippen MR) is 118 cm³/mol. The van der Waals surface area contributed by atoms with Crippen molar-refractivity contribution in [1.29, 1.82) is 0 Å². The summed E-state index contributed by atoms with van der Waals surface area (Å²) in [5, 5.41) is 6.31. The molecule has 166 valence electrons. The van der Waals surface area contributed by atoms with Crippen LogP contribution in [-0.2, 0) is 11.3 Å². The fourth-order valence-corrected chi connectivity index (χ4v) is 2.86. The SMILES string of the molecule is CCOC(CCNC(=NC)NCc1cc2c(cc1OC(F)F)OCO2)C(C)C.I. The number of nitrogens with one attached hydrogen (secondary N) is 2. The van der Waals surface area contributed by atoms with Crippen LogP contribution in [0.25, 0.3) is 0 Å². The number of hydrogen-bond donors (Lipinski definition) is 2. The zero-order chi connectivity index (χ0) is 20.5. The molecule has 1 aliphatic rings. The van der Waals surface area contributed by atoms with Gasteiger partial charge in [0.25, 0.3) is 0 Å². The first-order valence-electron chi connectivity index (χ1n) is 9.38. The summed E-state index contributed by atoms with van der Waals surface area (Å²) in [6, 6.07) is 3.04. The lowest BCUT2D eigenvalue weighted by Crippen LogP contribution is -2.39. The molecule has 0 bridgehead atoms. The van der Waals surface area contributed by atoms with Crippen molar-refractivity contribution >= 4 is 29.9 Å². The van der Waals surface area contributed by atoms with E-state index in [1.165, 1.54) is 6.07 Å². The van der Waals surface area contributed by atoms with Crippen molar-refractivity contribution in [3.63, 3.8) is 0 Å². The van der Waals surface area contributed by atoms with Crippen molar-refractivity contribution in [2.24, 2.45) is 10.9 Å². The van der Waals surface area contributed by atoms with Crippen LogP contribution < -0.4 is 24.8 Å². The number of fused-ring (bicyclic) bond motifs is 1. The highest BCUT2D eigenvalue weighted by molar-refractivity contribution is 14.0. The zero-order valence-electron chi connectivity index (χ0n) is 17.2. The molecule has 7 nitrogen and oxygen atoms in total. The zero-order valence-corrected chi connectivity index (χ0v) is 19.5. The smallest absolute Gasteiger partial charge is 0.387 e. The Morgan fingerprint density at radius 1 is 1.21 bits per heavy atom. The van der Waals surface area contributed by atoms with Gasteiger partial charge in [-0.2, -0.15) is 8.78 Å². The van der Waals surface area contributed by atoms with Gasteiger partial charge in [0.15, 0.2) is 17.5 Å². The summed E-state index contributed by atoms with van der Waals surface area (Å²) in [6.45, 7) is 4.93. The fraction of sp³-hybridized carbons (Fsp3) is 0.632. The molecule has 0 saturated heterocycles. The topological polar surface area (TPSA) is 73.3 Å². The summed E-state index contributed by atoms with van der Waals surface area (Å²) in [7, 11) is 1.65. The molecule has 2 N–H and O–H groups in total. The van der Waals surface area contributed by atoms with Crippen LogP contribution in [0.3, 0.4) is 0 Å². The molecule has 1 aliphatic heterocycles. The first-order valence-corrected chi connectivity index (χ1v) is 9.38. The van der Waals surface area contributed by atoms with Gasteiger partial charge in [-0.05, 0) is 25.3 Å². The third-order valence-electron chi connectivity index (χ3n) is 4.29. The summed E-state index contributed by atoms with van der Waals surface area (Å²) in [5.41, 5.74) is 0.516. The van der Waals surface area contributed by atoms with Crippen molar-refractivity contribution < 1.29 is 27.7 Å². The van der Waals surface area contributed by atoms with Gasteiger partial charge in [0, 0.05) is 38.4 Å². The number of aliphatic imine (C=N–C) groups is 1. The van der Waals surface area contributed by atoms with Crippen molar-refractivity contribution in [3.8, 4) is 17.2 Å². The number of ether oxygens (including phenoxy) is 4. The van der Waals surface area contributed by atoms with Crippen molar-refractivity contribution in [2.75, 3.05) is 27.0 Å². The Bertz CT molecular complexity index is 663.